The minimum atomic E-state index is -3.57. The van der Waals surface area contributed by atoms with E-state index < -0.39 is 10.0 Å². The molecule has 3 aromatic rings. The maximum atomic E-state index is 13.0. The summed E-state index contributed by atoms with van der Waals surface area (Å²) in [6, 6.07) is 10.6. The molecule has 11 heteroatoms. The van der Waals surface area contributed by atoms with Crippen molar-refractivity contribution >= 4 is 27.0 Å². The number of rotatable bonds is 8. The van der Waals surface area contributed by atoms with Gasteiger partial charge in [-0.3, -0.25) is 9.89 Å². The zero-order valence-electron chi connectivity index (χ0n) is 18.0. The van der Waals surface area contributed by atoms with Crippen molar-refractivity contribution < 1.29 is 13.2 Å². The Kier molecular flexibility index (Phi) is 6.98. The van der Waals surface area contributed by atoms with Gasteiger partial charge in [-0.2, -0.15) is 14.7 Å². The normalized spacial score (nSPS) is 15.4. The number of aromatic nitrogens is 3. The third kappa shape index (κ3) is 5.36. The van der Waals surface area contributed by atoms with Crippen LogP contribution < -0.4 is 10.6 Å². The van der Waals surface area contributed by atoms with E-state index >= 15 is 0 Å². The molecule has 0 spiro atoms. The molecule has 4 rings (SSSR count). The van der Waals surface area contributed by atoms with Gasteiger partial charge in [0.25, 0.3) is 5.91 Å². The molecule has 1 amide bonds. The van der Waals surface area contributed by atoms with E-state index in [0.29, 0.717) is 50.1 Å². The van der Waals surface area contributed by atoms with E-state index in [4.69, 9.17) is 5.26 Å². The Morgan fingerprint density at radius 3 is 2.70 bits per heavy atom. The monoisotopic (exact) mass is 467 g/mol. The number of hydrogen-bond acceptors (Lipinski definition) is 7. The summed E-state index contributed by atoms with van der Waals surface area (Å²) in [5.74, 6) is -0.270. The fourth-order valence-electron chi connectivity index (χ4n) is 3.81. The molecular formula is C22H25N7O3S. The molecular weight excluding hydrogens is 442 g/mol. The predicted octanol–water partition coefficient (Wildman–Crippen LogP) is 1.54. The molecule has 0 saturated carbocycles. The van der Waals surface area contributed by atoms with Crippen molar-refractivity contribution in [3.8, 4) is 6.07 Å². The SMILES string of the molecule is N#CCCNC1CCN(S(=O)(=O)c2ccc(CNC(=O)c3cnc4[nH]ncc4c3)cc2)CC1. The Labute approximate surface area is 192 Å². The summed E-state index contributed by atoms with van der Waals surface area (Å²) in [5, 5.41) is 22.1. The Balaban J connectivity index is 1.32. The van der Waals surface area contributed by atoms with Crippen molar-refractivity contribution in [2.75, 3.05) is 19.6 Å². The highest BCUT2D eigenvalue weighted by molar-refractivity contribution is 7.89. The molecule has 0 bridgehead atoms. The highest BCUT2D eigenvalue weighted by atomic mass is 32.2. The molecule has 33 heavy (non-hydrogen) atoms. The molecule has 2 aromatic heterocycles. The first-order valence-electron chi connectivity index (χ1n) is 10.7. The molecule has 1 aromatic carbocycles. The maximum Gasteiger partial charge on any atom is 0.253 e. The number of nitriles is 1. The van der Waals surface area contributed by atoms with Gasteiger partial charge in [-0.25, -0.2) is 13.4 Å². The van der Waals surface area contributed by atoms with Gasteiger partial charge in [0.1, 0.15) is 0 Å². The van der Waals surface area contributed by atoms with Gasteiger partial charge in [-0.15, -0.1) is 0 Å². The maximum absolute atomic E-state index is 13.0. The zero-order valence-corrected chi connectivity index (χ0v) is 18.8. The topological polar surface area (TPSA) is 144 Å². The number of nitrogens with one attached hydrogen (secondary N) is 3. The lowest BCUT2D eigenvalue weighted by atomic mass is 10.1. The number of amides is 1. The average Bonchev–Trinajstić information content (AvgIpc) is 3.31. The Hall–Kier alpha value is -3.33. The molecule has 3 heterocycles. The number of carbonyl (C=O) groups is 1. The van der Waals surface area contributed by atoms with Crippen molar-refractivity contribution in [1.82, 2.24) is 30.1 Å². The van der Waals surface area contributed by atoms with Crippen molar-refractivity contribution in [1.29, 1.82) is 5.26 Å². The number of piperidine rings is 1. The van der Waals surface area contributed by atoms with Crippen LogP contribution in [0.2, 0.25) is 0 Å². The van der Waals surface area contributed by atoms with E-state index in [0.717, 1.165) is 10.9 Å². The number of benzene rings is 1. The molecule has 0 unspecified atom stereocenters. The molecule has 1 fully saturated rings. The standard InChI is InChI=1S/C22H25N7O3S/c23-8-1-9-24-19-6-10-29(11-7-19)33(31,32)20-4-2-16(3-5-20)13-26-22(30)18-12-17-15-27-28-21(17)25-14-18/h2-5,12,14-15,19,24H,1,6-7,9-11,13H2,(H,26,30)(H,25,27,28). The van der Waals surface area contributed by atoms with E-state index in [1.54, 1.807) is 36.5 Å². The second-order valence-electron chi connectivity index (χ2n) is 7.90. The van der Waals surface area contributed by atoms with E-state index in [-0.39, 0.29) is 23.4 Å². The fraction of sp³-hybridized carbons (Fsp3) is 0.364. The number of carbonyl (C=O) groups excluding carboxylic acids is 1. The summed E-state index contributed by atoms with van der Waals surface area (Å²) in [7, 11) is -3.57. The lowest BCUT2D eigenvalue weighted by molar-refractivity contribution is 0.0950. The molecule has 0 aliphatic carbocycles. The molecule has 1 aliphatic rings. The van der Waals surface area contributed by atoms with Crippen LogP contribution in [0.15, 0.2) is 47.6 Å². The molecule has 0 radical (unpaired) electrons. The molecule has 3 N–H and O–H groups in total. The summed E-state index contributed by atoms with van der Waals surface area (Å²) >= 11 is 0. The number of H-pyrrole nitrogens is 1. The Bertz CT molecular complexity index is 1260. The van der Waals surface area contributed by atoms with Crippen molar-refractivity contribution in [3.63, 3.8) is 0 Å². The highest BCUT2D eigenvalue weighted by Crippen LogP contribution is 2.21. The van der Waals surface area contributed by atoms with Gasteiger partial charge in [0.05, 0.1) is 22.7 Å². The van der Waals surface area contributed by atoms with Crippen LogP contribution in [0.1, 0.15) is 35.2 Å². The molecule has 1 aliphatic heterocycles. The van der Waals surface area contributed by atoms with Crippen LogP contribution in [-0.4, -0.2) is 59.5 Å². The van der Waals surface area contributed by atoms with Gasteiger partial charge >= 0.3 is 0 Å². The summed E-state index contributed by atoms with van der Waals surface area (Å²) in [6.45, 7) is 1.78. The Morgan fingerprint density at radius 1 is 1.21 bits per heavy atom. The van der Waals surface area contributed by atoms with Gasteiger partial charge in [-0.05, 0) is 36.6 Å². The highest BCUT2D eigenvalue weighted by Gasteiger charge is 2.29. The van der Waals surface area contributed by atoms with E-state index in [1.165, 1.54) is 10.5 Å². The Morgan fingerprint density at radius 2 is 1.97 bits per heavy atom. The molecule has 172 valence electrons. The van der Waals surface area contributed by atoms with Crippen LogP contribution >= 0.6 is 0 Å². The molecule has 1 saturated heterocycles. The molecule has 0 atom stereocenters. The van der Waals surface area contributed by atoms with Crippen LogP contribution in [-0.2, 0) is 16.6 Å². The first kappa shape index (κ1) is 22.8. The van der Waals surface area contributed by atoms with Crippen LogP contribution in [0, 0.1) is 11.3 Å². The minimum Gasteiger partial charge on any atom is -0.348 e. The zero-order chi connectivity index (χ0) is 23.3. The largest absolute Gasteiger partial charge is 0.348 e. The first-order chi connectivity index (χ1) is 16.0. The quantitative estimate of drug-likeness (QED) is 0.426. The number of hydrogen-bond donors (Lipinski definition) is 3. The van der Waals surface area contributed by atoms with Crippen molar-refractivity contribution in [2.45, 2.75) is 36.7 Å². The third-order valence-electron chi connectivity index (χ3n) is 5.69. The minimum absolute atomic E-state index is 0.236. The van der Waals surface area contributed by atoms with Crippen LogP contribution in [0.3, 0.4) is 0 Å². The second kappa shape index (κ2) is 10.1. The number of fused-ring (bicyclic) bond motifs is 1. The van der Waals surface area contributed by atoms with Gasteiger partial charge in [0, 0.05) is 50.2 Å². The number of nitrogens with zero attached hydrogens (tertiary/aromatic N) is 4. The lowest BCUT2D eigenvalue weighted by Crippen LogP contribution is -2.45. The van der Waals surface area contributed by atoms with Gasteiger partial charge in [0.15, 0.2) is 5.65 Å². The number of sulfonamides is 1. The van der Waals surface area contributed by atoms with Crippen molar-refractivity contribution in [3.05, 3.63) is 53.9 Å². The average molecular weight is 468 g/mol. The van der Waals surface area contributed by atoms with E-state index in [1.807, 2.05) is 0 Å². The smallest absolute Gasteiger partial charge is 0.253 e. The van der Waals surface area contributed by atoms with Crippen LogP contribution in [0.4, 0.5) is 0 Å². The summed E-state index contributed by atoms with van der Waals surface area (Å²) in [6.07, 6.45) is 4.96. The molecule has 10 nitrogen and oxygen atoms in total. The summed E-state index contributed by atoms with van der Waals surface area (Å²) < 4.78 is 27.5. The van der Waals surface area contributed by atoms with Gasteiger partial charge < -0.3 is 10.6 Å². The lowest BCUT2D eigenvalue weighted by Gasteiger charge is -2.31. The van der Waals surface area contributed by atoms with Gasteiger partial charge in [-0.1, -0.05) is 12.1 Å². The van der Waals surface area contributed by atoms with Crippen LogP contribution in [0.5, 0.6) is 0 Å². The summed E-state index contributed by atoms with van der Waals surface area (Å²) in [5.41, 5.74) is 1.83. The summed E-state index contributed by atoms with van der Waals surface area (Å²) in [4.78, 5) is 16.8. The second-order valence-corrected chi connectivity index (χ2v) is 9.84. The third-order valence-corrected chi connectivity index (χ3v) is 7.60. The number of pyridine rings is 1. The van der Waals surface area contributed by atoms with E-state index in [9.17, 15) is 13.2 Å². The number of aromatic amines is 1. The van der Waals surface area contributed by atoms with E-state index in [2.05, 4.69) is 31.9 Å². The van der Waals surface area contributed by atoms with Crippen LogP contribution in [0.25, 0.3) is 11.0 Å². The fourth-order valence-corrected chi connectivity index (χ4v) is 5.28. The predicted molar refractivity (Wildman–Crippen MR) is 122 cm³/mol. The van der Waals surface area contributed by atoms with Crippen molar-refractivity contribution in [2.24, 2.45) is 0 Å². The van der Waals surface area contributed by atoms with Gasteiger partial charge in [0.2, 0.25) is 10.0 Å². The first-order valence-corrected chi connectivity index (χ1v) is 12.2.